The number of amides is 1. The van der Waals surface area contributed by atoms with E-state index in [4.69, 9.17) is 4.52 Å². The first kappa shape index (κ1) is 17.7. The van der Waals surface area contributed by atoms with Crippen molar-refractivity contribution in [3.63, 3.8) is 0 Å². The molecular formula is C18H14F3N3O2. The summed E-state index contributed by atoms with van der Waals surface area (Å²) in [5.41, 5.74) is 1.09. The number of aromatic nitrogens is 2. The molecule has 1 N–H and O–H groups in total. The van der Waals surface area contributed by atoms with Crippen LogP contribution in [0.5, 0.6) is 0 Å². The van der Waals surface area contributed by atoms with Gasteiger partial charge in [0.25, 0.3) is 5.91 Å². The summed E-state index contributed by atoms with van der Waals surface area (Å²) in [6.45, 7) is 1.89. The molecule has 0 unspecified atom stereocenters. The fraction of sp³-hybridized carbons (Fsp3) is 0.167. The number of hydrogen-bond acceptors (Lipinski definition) is 4. The second-order valence-electron chi connectivity index (χ2n) is 5.58. The minimum atomic E-state index is -4.44. The molecule has 5 nitrogen and oxygen atoms in total. The summed E-state index contributed by atoms with van der Waals surface area (Å²) < 4.78 is 42.7. The average Bonchev–Trinajstić information content (AvgIpc) is 3.08. The maximum absolute atomic E-state index is 12.5. The highest BCUT2D eigenvalue weighted by Gasteiger charge is 2.30. The fourth-order valence-electron chi connectivity index (χ4n) is 2.33. The molecule has 0 spiro atoms. The van der Waals surface area contributed by atoms with Gasteiger partial charge < -0.3 is 9.84 Å². The number of alkyl halides is 3. The van der Waals surface area contributed by atoms with Crippen LogP contribution in [0.2, 0.25) is 0 Å². The first-order chi connectivity index (χ1) is 12.3. The van der Waals surface area contributed by atoms with E-state index in [1.54, 1.807) is 0 Å². The Morgan fingerprint density at radius 2 is 1.81 bits per heavy atom. The summed E-state index contributed by atoms with van der Waals surface area (Å²) in [6, 6.07) is 11.5. The van der Waals surface area contributed by atoms with Gasteiger partial charge in [-0.15, -0.1) is 0 Å². The smallest absolute Gasteiger partial charge is 0.343 e. The highest BCUT2D eigenvalue weighted by atomic mass is 19.4. The molecule has 1 heterocycles. The van der Waals surface area contributed by atoms with E-state index in [0.717, 1.165) is 35.4 Å². The molecule has 0 aliphatic heterocycles. The van der Waals surface area contributed by atoms with Crippen LogP contribution in [-0.2, 0) is 12.7 Å². The summed E-state index contributed by atoms with van der Waals surface area (Å²) in [6.07, 6.45) is -4.44. The van der Waals surface area contributed by atoms with Crippen molar-refractivity contribution in [3.05, 3.63) is 71.1 Å². The van der Waals surface area contributed by atoms with Crippen LogP contribution in [0.15, 0.2) is 53.1 Å². The van der Waals surface area contributed by atoms with Crippen molar-refractivity contribution in [1.29, 1.82) is 0 Å². The summed E-state index contributed by atoms with van der Waals surface area (Å²) in [5.74, 6) is 0.0692. The Balaban J connectivity index is 1.64. The van der Waals surface area contributed by atoms with Crippen LogP contribution in [0.4, 0.5) is 13.2 Å². The Kier molecular flexibility index (Phi) is 4.75. The van der Waals surface area contributed by atoms with Crippen molar-refractivity contribution < 1.29 is 22.5 Å². The molecule has 0 radical (unpaired) electrons. The zero-order chi connectivity index (χ0) is 18.7. The largest absolute Gasteiger partial charge is 0.416 e. The molecule has 26 heavy (non-hydrogen) atoms. The number of carbonyl (C=O) groups is 1. The number of halogens is 3. The molecular weight excluding hydrogens is 347 g/mol. The number of nitrogens with one attached hydrogen (secondary N) is 1. The molecule has 3 aromatic rings. The van der Waals surface area contributed by atoms with Gasteiger partial charge in [-0.05, 0) is 36.8 Å². The third-order valence-electron chi connectivity index (χ3n) is 3.73. The van der Waals surface area contributed by atoms with E-state index in [-0.39, 0.29) is 18.0 Å². The maximum atomic E-state index is 12.5. The Morgan fingerprint density at radius 1 is 1.12 bits per heavy atom. The van der Waals surface area contributed by atoms with Gasteiger partial charge in [0, 0.05) is 11.1 Å². The van der Waals surface area contributed by atoms with Crippen LogP contribution in [0, 0.1) is 6.92 Å². The number of nitrogens with zero attached hydrogens (tertiary/aromatic N) is 2. The normalized spacial score (nSPS) is 11.4. The van der Waals surface area contributed by atoms with E-state index in [1.165, 1.54) is 0 Å². The molecule has 8 heteroatoms. The standard InChI is InChI=1S/C18H14F3N3O2/c1-11-4-2-3-5-14(11)16-23-15(26-24-16)10-22-17(25)12-6-8-13(9-7-12)18(19,20)21/h2-9H,10H2,1H3,(H,22,25). The third kappa shape index (κ3) is 3.90. The fourth-order valence-corrected chi connectivity index (χ4v) is 2.33. The molecule has 3 rings (SSSR count). The predicted octanol–water partition coefficient (Wildman–Crippen LogP) is 3.99. The van der Waals surface area contributed by atoms with Crippen LogP contribution < -0.4 is 5.32 Å². The molecule has 134 valence electrons. The minimum absolute atomic E-state index is 0.0290. The Morgan fingerprint density at radius 3 is 2.46 bits per heavy atom. The highest BCUT2D eigenvalue weighted by molar-refractivity contribution is 5.94. The number of hydrogen-bond donors (Lipinski definition) is 1. The first-order valence-electron chi connectivity index (χ1n) is 7.68. The lowest BCUT2D eigenvalue weighted by molar-refractivity contribution is -0.137. The molecule has 2 aromatic carbocycles. The number of carbonyl (C=O) groups excluding carboxylic acids is 1. The van der Waals surface area contributed by atoms with Gasteiger partial charge in [-0.2, -0.15) is 18.2 Å². The van der Waals surface area contributed by atoms with Gasteiger partial charge in [0.1, 0.15) is 0 Å². The van der Waals surface area contributed by atoms with Gasteiger partial charge in [0.05, 0.1) is 12.1 Å². The lowest BCUT2D eigenvalue weighted by atomic mass is 10.1. The highest BCUT2D eigenvalue weighted by Crippen LogP contribution is 2.29. The molecule has 1 aromatic heterocycles. The molecule has 0 fully saturated rings. The number of benzene rings is 2. The molecule has 0 aliphatic carbocycles. The number of aryl methyl sites for hydroxylation is 1. The van der Waals surface area contributed by atoms with Gasteiger partial charge in [-0.1, -0.05) is 29.4 Å². The monoisotopic (exact) mass is 361 g/mol. The van der Waals surface area contributed by atoms with Gasteiger partial charge in [-0.25, -0.2) is 0 Å². The lowest BCUT2D eigenvalue weighted by Gasteiger charge is -2.07. The van der Waals surface area contributed by atoms with E-state index in [2.05, 4.69) is 15.5 Å². The van der Waals surface area contributed by atoms with Gasteiger partial charge >= 0.3 is 6.18 Å². The van der Waals surface area contributed by atoms with Crippen molar-refractivity contribution in [3.8, 4) is 11.4 Å². The molecule has 0 saturated carbocycles. The van der Waals surface area contributed by atoms with Crippen molar-refractivity contribution in [2.45, 2.75) is 19.6 Å². The van der Waals surface area contributed by atoms with Crippen molar-refractivity contribution >= 4 is 5.91 Å². The average molecular weight is 361 g/mol. The summed E-state index contributed by atoms with van der Waals surface area (Å²) in [4.78, 5) is 16.2. The molecule has 0 aliphatic rings. The second kappa shape index (κ2) is 6.99. The van der Waals surface area contributed by atoms with Crippen molar-refractivity contribution in [2.75, 3.05) is 0 Å². The molecule has 0 atom stereocenters. The maximum Gasteiger partial charge on any atom is 0.416 e. The molecule has 0 saturated heterocycles. The lowest BCUT2D eigenvalue weighted by Crippen LogP contribution is -2.23. The predicted molar refractivity (Wildman–Crippen MR) is 87.1 cm³/mol. The molecule has 1 amide bonds. The van der Waals surface area contributed by atoms with Crippen LogP contribution in [-0.4, -0.2) is 16.0 Å². The molecule has 0 bridgehead atoms. The van der Waals surface area contributed by atoms with Crippen molar-refractivity contribution in [2.24, 2.45) is 0 Å². The second-order valence-corrected chi connectivity index (χ2v) is 5.58. The van der Waals surface area contributed by atoms with Gasteiger partial charge in [0.15, 0.2) is 0 Å². The summed E-state index contributed by atoms with van der Waals surface area (Å²) in [7, 11) is 0. The first-order valence-corrected chi connectivity index (χ1v) is 7.68. The zero-order valence-corrected chi connectivity index (χ0v) is 13.7. The van der Waals surface area contributed by atoms with E-state index in [9.17, 15) is 18.0 Å². The van der Waals surface area contributed by atoms with E-state index >= 15 is 0 Å². The quantitative estimate of drug-likeness (QED) is 0.763. The summed E-state index contributed by atoms with van der Waals surface area (Å²) in [5, 5.41) is 6.41. The Hall–Kier alpha value is -3.16. The Labute approximate surface area is 146 Å². The Bertz CT molecular complexity index is 918. The topological polar surface area (TPSA) is 68.0 Å². The zero-order valence-electron chi connectivity index (χ0n) is 13.7. The summed E-state index contributed by atoms with van der Waals surface area (Å²) >= 11 is 0. The SMILES string of the molecule is Cc1ccccc1-c1noc(CNC(=O)c2ccc(C(F)(F)F)cc2)n1. The van der Waals surface area contributed by atoms with Crippen LogP contribution in [0.25, 0.3) is 11.4 Å². The van der Waals surface area contributed by atoms with Crippen molar-refractivity contribution in [1.82, 2.24) is 15.5 Å². The van der Waals surface area contributed by atoms with Crippen LogP contribution in [0.3, 0.4) is 0 Å². The van der Waals surface area contributed by atoms with Gasteiger partial charge in [-0.3, -0.25) is 4.79 Å². The van der Waals surface area contributed by atoms with E-state index in [1.807, 2.05) is 31.2 Å². The third-order valence-corrected chi connectivity index (χ3v) is 3.73. The van der Waals surface area contributed by atoms with E-state index in [0.29, 0.717) is 5.82 Å². The van der Waals surface area contributed by atoms with Gasteiger partial charge in [0.2, 0.25) is 11.7 Å². The van der Waals surface area contributed by atoms with Crippen LogP contribution in [0.1, 0.15) is 27.4 Å². The van der Waals surface area contributed by atoms with E-state index < -0.39 is 17.6 Å². The van der Waals surface area contributed by atoms with Crippen LogP contribution >= 0.6 is 0 Å². The number of rotatable bonds is 4. The minimum Gasteiger partial charge on any atom is -0.343 e.